The number of rotatable bonds is 7. The first-order valence-electron chi connectivity index (χ1n) is 8.89. The lowest BCUT2D eigenvalue weighted by Crippen LogP contribution is -2.32. The summed E-state index contributed by atoms with van der Waals surface area (Å²) in [5, 5.41) is 2.93. The molecule has 2 N–H and O–H groups in total. The number of hydrogen-bond acceptors (Lipinski definition) is 3. The van der Waals surface area contributed by atoms with Gasteiger partial charge in [0, 0.05) is 13.1 Å². The number of fused-ring (bicyclic) bond motifs is 1. The van der Waals surface area contributed by atoms with Gasteiger partial charge < -0.3 is 5.32 Å². The smallest absolute Gasteiger partial charge is 0.240 e. The molecule has 0 heterocycles. The average Bonchev–Trinajstić information content (AvgIpc) is 3.06. The maximum Gasteiger partial charge on any atom is 0.240 e. The van der Waals surface area contributed by atoms with E-state index in [9.17, 15) is 13.2 Å². The van der Waals surface area contributed by atoms with Gasteiger partial charge in [0.25, 0.3) is 0 Å². The van der Waals surface area contributed by atoms with Crippen molar-refractivity contribution in [3.8, 4) is 0 Å². The SMILES string of the molecule is Cc1ccc(S(=O)(=O)NCCCNC(=O)C2CCc3ccccc32)cc1. The van der Waals surface area contributed by atoms with E-state index in [-0.39, 0.29) is 23.3 Å². The van der Waals surface area contributed by atoms with E-state index in [2.05, 4.69) is 16.1 Å². The second-order valence-corrected chi connectivity index (χ2v) is 8.41. The van der Waals surface area contributed by atoms with Crippen LogP contribution in [-0.4, -0.2) is 27.4 Å². The molecule has 138 valence electrons. The van der Waals surface area contributed by atoms with Gasteiger partial charge in [-0.3, -0.25) is 4.79 Å². The minimum absolute atomic E-state index is 0.0244. The maximum absolute atomic E-state index is 12.4. The van der Waals surface area contributed by atoms with Crippen LogP contribution in [0.25, 0.3) is 0 Å². The quantitative estimate of drug-likeness (QED) is 0.734. The van der Waals surface area contributed by atoms with Crippen LogP contribution in [-0.2, 0) is 21.2 Å². The lowest BCUT2D eigenvalue weighted by Gasteiger charge is -2.12. The van der Waals surface area contributed by atoms with Gasteiger partial charge in [-0.15, -0.1) is 0 Å². The first-order chi connectivity index (χ1) is 12.5. The van der Waals surface area contributed by atoms with E-state index in [1.165, 1.54) is 5.56 Å². The van der Waals surface area contributed by atoms with Crippen LogP contribution >= 0.6 is 0 Å². The van der Waals surface area contributed by atoms with Crippen molar-refractivity contribution in [1.29, 1.82) is 0 Å². The van der Waals surface area contributed by atoms with Crippen LogP contribution in [0.15, 0.2) is 53.4 Å². The van der Waals surface area contributed by atoms with E-state index in [1.807, 2.05) is 25.1 Å². The third kappa shape index (κ3) is 4.31. The summed E-state index contributed by atoms with van der Waals surface area (Å²) in [5.41, 5.74) is 3.38. The van der Waals surface area contributed by atoms with E-state index in [0.717, 1.165) is 24.0 Å². The fourth-order valence-corrected chi connectivity index (χ4v) is 4.33. The molecule has 0 fully saturated rings. The van der Waals surface area contributed by atoms with Gasteiger partial charge in [0.15, 0.2) is 0 Å². The summed E-state index contributed by atoms with van der Waals surface area (Å²) in [5.74, 6) is -0.0632. The highest BCUT2D eigenvalue weighted by atomic mass is 32.2. The summed E-state index contributed by atoms with van der Waals surface area (Å²) in [7, 11) is -3.50. The Balaban J connectivity index is 1.43. The van der Waals surface area contributed by atoms with Crippen LogP contribution in [0.5, 0.6) is 0 Å². The largest absolute Gasteiger partial charge is 0.356 e. The molecule has 1 unspecified atom stereocenters. The molecule has 0 aromatic heterocycles. The Bertz CT molecular complexity index is 876. The number of sulfonamides is 1. The molecule has 5 nitrogen and oxygen atoms in total. The van der Waals surface area contributed by atoms with Gasteiger partial charge in [-0.05, 0) is 49.4 Å². The summed E-state index contributed by atoms with van der Waals surface area (Å²) in [6, 6.07) is 14.8. The molecular weight excluding hydrogens is 348 g/mol. The zero-order valence-electron chi connectivity index (χ0n) is 14.9. The highest BCUT2D eigenvalue weighted by Crippen LogP contribution is 2.32. The van der Waals surface area contributed by atoms with Crippen molar-refractivity contribution in [3.05, 3.63) is 65.2 Å². The van der Waals surface area contributed by atoms with Crippen LogP contribution in [0, 0.1) is 6.92 Å². The lowest BCUT2D eigenvalue weighted by atomic mass is 10.0. The molecule has 0 bridgehead atoms. The molecule has 1 aliphatic carbocycles. The van der Waals surface area contributed by atoms with Crippen LogP contribution in [0.3, 0.4) is 0 Å². The van der Waals surface area contributed by atoms with Crippen LogP contribution in [0.1, 0.15) is 35.4 Å². The number of benzene rings is 2. The topological polar surface area (TPSA) is 75.3 Å². The van der Waals surface area contributed by atoms with E-state index in [1.54, 1.807) is 24.3 Å². The van der Waals surface area contributed by atoms with E-state index in [4.69, 9.17) is 0 Å². The Kier molecular flexibility index (Phi) is 5.74. The van der Waals surface area contributed by atoms with Crippen molar-refractivity contribution >= 4 is 15.9 Å². The van der Waals surface area contributed by atoms with Crippen LogP contribution in [0.4, 0.5) is 0 Å². The predicted octanol–water partition coefficient (Wildman–Crippen LogP) is 2.51. The molecule has 2 aromatic carbocycles. The molecule has 1 atom stereocenters. The molecule has 0 spiro atoms. The van der Waals surface area contributed by atoms with Crippen LogP contribution in [0.2, 0.25) is 0 Å². The number of amides is 1. The summed E-state index contributed by atoms with van der Waals surface area (Å²) >= 11 is 0. The van der Waals surface area contributed by atoms with Crippen molar-refractivity contribution in [2.75, 3.05) is 13.1 Å². The number of nitrogens with one attached hydrogen (secondary N) is 2. The van der Waals surface area contributed by atoms with Crippen molar-refractivity contribution in [2.45, 2.75) is 37.0 Å². The Hall–Kier alpha value is -2.18. The van der Waals surface area contributed by atoms with E-state index in [0.29, 0.717) is 13.0 Å². The summed E-state index contributed by atoms with van der Waals surface area (Å²) in [4.78, 5) is 12.6. The molecule has 0 aliphatic heterocycles. The molecule has 0 radical (unpaired) electrons. The van der Waals surface area contributed by atoms with Gasteiger partial charge in [-0.2, -0.15) is 0 Å². The van der Waals surface area contributed by atoms with E-state index >= 15 is 0 Å². The fourth-order valence-electron chi connectivity index (χ4n) is 3.26. The Morgan fingerprint density at radius 3 is 2.58 bits per heavy atom. The van der Waals surface area contributed by atoms with Gasteiger partial charge >= 0.3 is 0 Å². The Labute approximate surface area is 154 Å². The van der Waals surface area contributed by atoms with E-state index < -0.39 is 10.0 Å². The number of aryl methyl sites for hydroxylation is 2. The van der Waals surface area contributed by atoms with Crippen molar-refractivity contribution in [2.24, 2.45) is 0 Å². The normalized spacial score (nSPS) is 16.3. The first kappa shape index (κ1) is 18.6. The average molecular weight is 372 g/mol. The first-order valence-corrected chi connectivity index (χ1v) is 10.4. The molecule has 3 rings (SSSR count). The molecule has 26 heavy (non-hydrogen) atoms. The number of hydrogen-bond donors (Lipinski definition) is 2. The maximum atomic E-state index is 12.4. The fraction of sp³-hybridized carbons (Fsp3) is 0.350. The molecule has 1 aliphatic rings. The monoisotopic (exact) mass is 372 g/mol. The van der Waals surface area contributed by atoms with Crippen molar-refractivity contribution in [1.82, 2.24) is 10.0 Å². The second-order valence-electron chi connectivity index (χ2n) is 6.65. The Morgan fingerprint density at radius 1 is 1.08 bits per heavy atom. The highest BCUT2D eigenvalue weighted by Gasteiger charge is 2.27. The third-order valence-corrected chi connectivity index (χ3v) is 6.20. The summed E-state index contributed by atoms with van der Waals surface area (Å²) in [6.45, 7) is 2.65. The summed E-state index contributed by atoms with van der Waals surface area (Å²) in [6.07, 6.45) is 2.32. The second kappa shape index (κ2) is 8.01. The van der Waals surface area contributed by atoms with Crippen molar-refractivity contribution in [3.63, 3.8) is 0 Å². The third-order valence-electron chi connectivity index (χ3n) is 4.73. The van der Waals surface area contributed by atoms with Crippen LogP contribution < -0.4 is 10.0 Å². The zero-order valence-corrected chi connectivity index (χ0v) is 15.7. The molecule has 2 aromatic rings. The predicted molar refractivity (Wildman–Crippen MR) is 101 cm³/mol. The van der Waals surface area contributed by atoms with Gasteiger partial charge in [0.05, 0.1) is 10.8 Å². The van der Waals surface area contributed by atoms with Gasteiger partial charge in [0.2, 0.25) is 15.9 Å². The highest BCUT2D eigenvalue weighted by molar-refractivity contribution is 7.89. The number of carbonyl (C=O) groups is 1. The standard InChI is InChI=1S/C20H24N2O3S/c1-15-7-10-17(11-8-15)26(24,25)22-14-4-13-21-20(23)19-12-9-16-5-2-3-6-18(16)19/h2-3,5-8,10-11,19,22H,4,9,12-14H2,1H3,(H,21,23). The summed E-state index contributed by atoms with van der Waals surface area (Å²) < 4.78 is 27.0. The minimum Gasteiger partial charge on any atom is -0.356 e. The minimum atomic E-state index is -3.50. The van der Waals surface area contributed by atoms with Gasteiger partial charge in [-0.1, -0.05) is 42.0 Å². The Morgan fingerprint density at radius 2 is 1.81 bits per heavy atom. The lowest BCUT2D eigenvalue weighted by molar-refractivity contribution is -0.122. The molecular formula is C20H24N2O3S. The van der Waals surface area contributed by atoms with Gasteiger partial charge in [0.1, 0.15) is 0 Å². The molecule has 6 heteroatoms. The zero-order chi connectivity index (χ0) is 18.6. The molecule has 0 saturated carbocycles. The van der Waals surface area contributed by atoms with Gasteiger partial charge in [-0.25, -0.2) is 13.1 Å². The molecule has 0 saturated heterocycles. The molecule has 1 amide bonds. The van der Waals surface area contributed by atoms with Crippen molar-refractivity contribution < 1.29 is 13.2 Å². The number of carbonyl (C=O) groups excluding carboxylic acids is 1.